The summed E-state index contributed by atoms with van der Waals surface area (Å²) in [7, 11) is 1.62. The lowest BCUT2D eigenvalue weighted by molar-refractivity contribution is 0.299. The minimum Gasteiger partial charge on any atom is -0.497 e. The van der Waals surface area contributed by atoms with Crippen LogP contribution in [0.15, 0.2) is 30.5 Å². The maximum atomic E-state index is 5.90. The Bertz CT molecular complexity index is 546. The molecule has 0 bridgehead atoms. The predicted molar refractivity (Wildman–Crippen MR) is 69.1 cm³/mol. The Morgan fingerprint density at radius 2 is 2.17 bits per heavy atom. The largest absolute Gasteiger partial charge is 0.497 e. The molecule has 0 saturated heterocycles. The van der Waals surface area contributed by atoms with Crippen molar-refractivity contribution in [3.8, 4) is 11.5 Å². The number of nitrogens with zero attached hydrogens (tertiary/aromatic N) is 2. The molecule has 18 heavy (non-hydrogen) atoms. The van der Waals surface area contributed by atoms with E-state index in [0.717, 1.165) is 17.1 Å². The molecule has 0 aromatic carbocycles. The van der Waals surface area contributed by atoms with Crippen LogP contribution in [-0.2, 0) is 6.61 Å². The lowest BCUT2D eigenvalue weighted by atomic mass is 10.3. The fourth-order valence-corrected chi connectivity index (χ4v) is 1.70. The number of ether oxygens (including phenoxy) is 2. The Labute approximate surface area is 111 Å². The highest BCUT2D eigenvalue weighted by Crippen LogP contribution is 2.22. The minimum atomic E-state index is 0.323. The first kappa shape index (κ1) is 12.6. The van der Waals surface area contributed by atoms with Crippen molar-refractivity contribution in [3.63, 3.8) is 0 Å². The normalized spacial score (nSPS) is 10.2. The summed E-state index contributed by atoms with van der Waals surface area (Å²) in [6.07, 6.45) is 1.61. The molecule has 0 aliphatic carbocycles. The summed E-state index contributed by atoms with van der Waals surface area (Å²) in [5.41, 5.74) is 1.66. The number of rotatable bonds is 4. The molecule has 2 rings (SSSR count). The number of halogens is 1. The van der Waals surface area contributed by atoms with Crippen molar-refractivity contribution in [1.82, 2.24) is 9.97 Å². The maximum Gasteiger partial charge on any atom is 0.171 e. The van der Waals surface area contributed by atoms with Crippen molar-refractivity contribution in [3.05, 3.63) is 47.0 Å². The predicted octanol–water partition coefficient (Wildman–Crippen LogP) is 3.03. The molecule has 4 nitrogen and oxygen atoms in total. The van der Waals surface area contributed by atoms with E-state index < -0.39 is 0 Å². The zero-order chi connectivity index (χ0) is 13.0. The second-order valence-corrected chi connectivity index (χ2v) is 4.08. The third-order valence-electron chi connectivity index (χ3n) is 2.32. The van der Waals surface area contributed by atoms with Crippen LogP contribution < -0.4 is 9.47 Å². The van der Waals surface area contributed by atoms with Crippen LogP contribution in [0.2, 0.25) is 5.15 Å². The fourth-order valence-electron chi connectivity index (χ4n) is 1.53. The van der Waals surface area contributed by atoms with E-state index >= 15 is 0 Å². The highest BCUT2D eigenvalue weighted by Gasteiger charge is 2.04. The first-order valence-electron chi connectivity index (χ1n) is 5.44. The van der Waals surface area contributed by atoms with Crippen molar-refractivity contribution in [1.29, 1.82) is 0 Å². The molecule has 0 unspecified atom stereocenters. The quantitative estimate of drug-likeness (QED) is 0.796. The third kappa shape index (κ3) is 3.11. The van der Waals surface area contributed by atoms with E-state index in [4.69, 9.17) is 21.1 Å². The lowest BCUT2D eigenvalue weighted by Gasteiger charge is -2.08. The summed E-state index contributed by atoms with van der Waals surface area (Å²) >= 11 is 5.90. The molecule has 0 spiro atoms. The second-order valence-electron chi connectivity index (χ2n) is 3.72. The van der Waals surface area contributed by atoms with Crippen LogP contribution in [0.5, 0.6) is 11.5 Å². The van der Waals surface area contributed by atoms with Crippen LogP contribution in [0.4, 0.5) is 0 Å². The van der Waals surface area contributed by atoms with E-state index in [1.54, 1.807) is 25.4 Å². The molecule has 0 radical (unpaired) electrons. The molecule has 2 heterocycles. The van der Waals surface area contributed by atoms with E-state index in [0.29, 0.717) is 17.5 Å². The van der Waals surface area contributed by atoms with Gasteiger partial charge in [-0.1, -0.05) is 11.6 Å². The zero-order valence-electron chi connectivity index (χ0n) is 10.2. The van der Waals surface area contributed by atoms with Crippen LogP contribution in [-0.4, -0.2) is 17.1 Å². The Morgan fingerprint density at radius 1 is 1.33 bits per heavy atom. The van der Waals surface area contributed by atoms with Gasteiger partial charge in [-0.25, -0.2) is 4.98 Å². The molecule has 0 N–H and O–H groups in total. The highest BCUT2D eigenvalue weighted by atomic mass is 35.5. The third-order valence-corrected chi connectivity index (χ3v) is 2.60. The summed E-state index contributed by atoms with van der Waals surface area (Å²) in [6, 6.07) is 7.23. The first-order valence-corrected chi connectivity index (χ1v) is 5.81. The standard InChI is InChI=1S/C13H13ClN2O2/c1-9-6-11(17-2)7-10(16-9)8-18-12-4-3-5-15-13(12)14/h3-7H,8H2,1-2H3. The van der Waals surface area contributed by atoms with Crippen molar-refractivity contribution < 1.29 is 9.47 Å². The van der Waals surface area contributed by atoms with Crippen molar-refractivity contribution in [2.24, 2.45) is 0 Å². The van der Waals surface area contributed by atoms with Crippen LogP contribution in [0.25, 0.3) is 0 Å². The summed E-state index contributed by atoms with van der Waals surface area (Å²) < 4.78 is 10.7. The van der Waals surface area contributed by atoms with Gasteiger partial charge in [-0.05, 0) is 19.1 Å². The van der Waals surface area contributed by atoms with Gasteiger partial charge in [0.1, 0.15) is 12.4 Å². The zero-order valence-corrected chi connectivity index (χ0v) is 10.9. The van der Waals surface area contributed by atoms with Crippen LogP contribution in [0, 0.1) is 6.92 Å². The minimum absolute atomic E-state index is 0.323. The molecule has 94 valence electrons. The van der Waals surface area contributed by atoms with Crippen molar-refractivity contribution in [2.75, 3.05) is 7.11 Å². The van der Waals surface area contributed by atoms with E-state index in [1.807, 2.05) is 19.1 Å². The van der Waals surface area contributed by atoms with Gasteiger partial charge in [-0.2, -0.15) is 0 Å². The highest BCUT2D eigenvalue weighted by molar-refractivity contribution is 6.30. The SMILES string of the molecule is COc1cc(C)nc(COc2cccnc2Cl)c1. The fraction of sp³-hybridized carbons (Fsp3) is 0.231. The van der Waals surface area contributed by atoms with E-state index in [1.165, 1.54) is 0 Å². The molecule has 0 amide bonds. The molecule has 2 aromatic heterocycles. The van der Waals surface area contributed by atoms with E-state index in [9.17, 15) is 0 Å². The number of aromatic nitrogens is 2. The average molecular weight is 265 g/mol. The molecule has 0 aliphatic rings. The molecule has 0 atom stereocenters. The van der Waals surface area contributed by atoms with Crippen LogP contribution in [0.3, 0.4) is 0 Å². The van der Waals surface area contributed by atoms with Gasteiger partial charge in [0.25, 0.3) is 0 Å². The van der Waals surface area contributed by atoms with Crippen LogP contribution >= 0.6 is 11.6 Å². The van der Waals surface area contributed by atoms with Gasteiger partial charge in [0.2, 0.25) is 0 Å². The summed E-state index contributed by atoms with van der Waals surface area (Å²) in [5.74, 6) is 1.31. The first-order chi connectivity index (χ1) is 8.69. The maximum absolute atomic E-state index is 5.90. The average Bonchev–Trinajstić information content (AvgIpc) is 2.37. The number of hydrogen-bond donors (Lipinski definition) is 0. The molecular formula is C13H13ClN2O2. The van der Waals surface area contributed by atoms with Gasteiger partial charge in [-0.15, -0.1) is 0 Å². The van der Waals surface area contributed by atoms with Crippen molar-refractivity contribution in [2.45, 2.75) is 13.5 Å². The molecule has 0 fully saturated rings. The van der Waals surface area contributed by atoms with Gasteiger partial charge < -0.3 is 9.47 Å². The Kier molecular flexibility index (Phi) is 3.99. The topological polar surface area (TPSA) is 44.2 Å². The molecule has 5 heteroatoms. The van der Waals surface area contributed by atoms with E-state index in [2.05, 4.69) is 9.97 Å². The Hall–Kier alpha value is -1.81. The van der Waals surface area contributed by atoms with Gasteiger partial charge in [0.05, 0.1) is 12.8 Å². The molecular weight excluding hydrogens is 252 g/mol. The van der Waals surface area contributed by atoms with Crippen molar-refractivity contribution >= 4 is 11.6 Å². The Morgan fingerprint density at radius 3 is 2.89 bits per heavy atom. The number of hydrogen-bond acceptors (Lipinski definition) is 4. The molecule has 0 saturated carbocycles. The van der Waals surface area contributed by atoms with Gasteiger partial charge >= 0.3 is 0 Å². The summed E-state index contributed by atoms with van der Waals surface area (Å²) in [4.78, 5) is 8.30. The molecule has 2 aromatic rings. The smallest absolute Gasteiger partial charge is 0.171 e. The number of aryl methyl sites for hydroxylation is 1. The van der Waals surface area contributed by atoms with E-state index in [-0.39, 0.29) is 0 Å². The lowest BCUT2D eigenvalue weighted by Crippen LogP contribution is -2.01. The monoisotopic (exact) mass is 264 g/mol. The van der Waals surface area contributed by atoms with Crippen LogP contribution in [0.1, 0.15) is 11.4 Å². The van der Waals surface area contributed by atoms with Gasteiger partial charge in [-0.3, -0.25) is 4.98 Å². The number of methoxy groups -OCH3 is 1. The number of pyridine rings is 2. The summed E-state index contributed by atoms with van der Waals surface area (Å²) in [5, 5.41) is 0.345. The van der Waals surface area contributed by atoms with Gasteiger partial charge in [0, 0.05) is 24.0 Å². The molecule has 0 aliphatic heterocycles. The summed E-state index contributed by atoms with van der Waals surface area (Å²) in [6.45, 7) is 2.23. The Balaban J connectivity index is 2.11. The second kappa shape index (κ2) is 5.69. The van der Waals surface area contributed by atoms with Gasteiger partial charge in [0.15, 0.2) is 10.9 Å².